The van der Waals surface area contributed by atoms with Crippen LogP contribution in [0.5, 0.6) is 5.75 Å². The maximum Gasteiger partial charge on any atom is 0.255 e. The van der Waals surface area contributed by atoms with Crippen molar-refractivity contribution in [3.63, 3.8) is 0 Å². The molecular formula is C24H22N4O2. The summed E-state index contributed by atoms with van der Waals surface area (Å²) in [6, 6.07) is 20.9. The van der Waals surface area contributed by atoms with Crippen LogP contribution in [0, 0.1) is 0 Å². The van der Waals surface area contributed by atoms with Gasteiger partial charge in [0, 0.05) is 24.2 Å². The lowest BCUT2D eigenvalue weighted by molar-refractivity contribution is 0.0940. The van der Waals surface area contributed by atoms with Crippen molar-refractivity contribution in [2.45, 2.75) is 13.0 Å². The second-order valence-electron chi connectivity index (χ2n) is 6.88. The average molecular weight is 398 g/mol. The van der Waals surface area contributed by atoms with Crippen molar-refractivity contribution in [3.05, 3.63) is 96.4 Å². The van der Waals surface area contributed by atoms with E-state index in [-0.39, 0.29) is 11.9 Å². The molecule has 1 unspecified atom stereocenters. The maximum absolute atomic E-state index is 13.2. The van der Waals surface area contributed by atoms with Gasteiger partial charge in [-0.25, -0.2) is 4.68 Å². The second kappa shape index (κ2) is 8.61. The minimum absolute atomic E-state index is 0.168. The number of ether oxygens (including phenoxy) is 1. The third-order valence-electron chi connectivity index (χ3n) is 4.88. The quantitative estimate of drug-likeness (QED) is 0.522. The summed E-state index contributed by atoms with van der Waals surface area (Å²) in [6.07, 6.45) is 5.19. The molecule has 0 fully saturated rings. The highest BCUT2D eigenvalue weighted by atomic mass is 16.5. The number of benzene rings is 2. The van der Waals surface area contributed by atoms with Crippen LogP contribution in [0.3, 0.4) is 0 Å². The Hall–Kier alpha value is -3.93. The SMILES string of the molecule is COc1cccc(-c2nn(-c3ccccc3)cc2C(=O)NC(C)c2ccncc2)c1. The number of rotatable bonds is 6. The summed E-state index contributed by atoms with van der Waals surface area (Å²) in [7, 11) is 1.62. The molecule has 0 aliphatic carbocycles. The van der Waals surface area contributed by atoms with E-state index in [1.54, 1.807) is 30.4 Å². The molecule has 0 saturated carbocycles. The molecule has 30 heavy (non-hydrogen) atoms. The van der Waals surface area contributed by atoms with Gasteiger partial charge in [-0.15, -0.1) is 0 Å². The Balaban J connectivity index is 1.73. The molecule has 1 atom stereocenters. The summed E-state index contributed by atoms with van der Waals surface area (Å²) in [4.78, 5) is 17.2. The zero-order valence-corrected chi connectivity index (χ0v) is 16.8. The Morgan fingerprint density at radius 2 is 1.80 bits per heavy atom. The van der Waals surface area contributed by atoms with Crippen LogP contribution >= 0.6 is 0 Å². The van der Waals surface area contributed by atoms with Gasteiger partial charge in [0.25, 0.3) is 5.91 Å². The molecule has 0 bridgehead atoms. The van der Waals surface area contributed by atoms with Gasteiger partial charge in [0.1, 0.15) is 11.4 Å². The molecule has 2 aromatic heterocycles. The van der Waals surface area contributed by atoms with Crippen LogP contribution in [-0.2, 0) is 0 Å². The molecular weight excluding hydrogens is 376 g/mol. The summed E-state index contributed by atoms with van der Waals surface area (Å²) in [5.41, 5.74) is 3.76. The van der Waals surface area contributed by atoms with E-state index >= 15 is 0 Å². The Labute approximate surface area is 175 Å². The molecule has 4 aromatic rings. The molecule has 0 radical (unpaired) electrons. The van der Waals surface area contributed by atoms with Gasteiger partial charge in [0.15, 0.2) is 0 Å². The van der Waals surface area contributed by atoms with Crippen molar-refractivity contribution in [2.75, 3.05) is 7.11 Å². The number of hydrogen-bond donors (Lipinski definition) is 1. The maximum atomic E-state index is 13.2. The fraction of sp³-hybridized carbons (Fsp3) is 0.125. The number of carbonyl (C=O) groups excluding carboxylic acids is 1. The van der Waals surface area contributed by atoms with Crippen molar-refractivity contribution >= 4 is 5.91 Å². The van der Waals surface area contributed by atoms with Crippen LogP contribution in [0.15, 0.2) is 85.3 Å². The molecule has 2 heterocycles. The fourth-order valence-corrected chi connectivity index (χ4v) is 3.25. The van der Waals surface area contributed by atoms with E-state index < -0.39 is 0 Å². The molecule has 6 heteroatoms. The molecule has 0 aliphatic heterocycles. The minimum atomic E-state index is -0.195. The Morgan fingerprint density at radius 1 is 1.03 bits per heavy atom. The first-order valence-electron chi connectivity index (χ1n) is 9.66. The van der Waals surface area contributed by atoms with Crippen LogP contribution in [0.25, 0.3) is 16.9 Å². The van der Waals surface area contributed by atoms with Gasteiger partial charge in [-0.3, -0.25) is 9.78 Å². The zero-order valence-electron chi connectivity index (χ0n) is 16.8. The number of para-hydroxylation sites is 1. The summed E-state index contributed by atoms with van der Waals surface area (Å²) in [5.74, 6) is 0.512. The Kier molecular flexibility index (Phi) is 5.57. The van der Waals surface area contributed by atoms with Gasteiger partial charge in [-0.2, -0.15) is 5.10 Å². The second-order valence-corrected chi connectivity index (χ2v) is 6.88. The number of nitrogens with one attached hydrogen (secondary N) is 1. The highest BCUT2D eigenvalue weighted by Crippen LogP contribution is 2.27. The molecule has 1 N–H and O–H groups in total. The van der Waals surface area contributed by atoms with E-state index in [9.17, 15) is 4.79 Å². The molecule has 0 saturated heterocycles. The van der Waals surface area contributed by atoms with Gasteiger partial charge < -0.3 is 10.1 Å². The summed E-state index contributed by atoms with van der Waals surface area (Å²) < 4.78 is 7.07. The predicted octanol–water partition coefficient (Wildman–Crippen LogP) is 4.43. The minimum Gasteiger partial charge on any atom is -0.497 e. The molecule has 0 aliphatic rings. The Bertz CT molecular complexity index is 1140. The molecule has 1 amide bonds. The van der Waals surface area contributed by atoms with Crippen molar-refractivity contribution in [1.82, 2.24) is 20.1 Å². The first kappa shape index (κ1) is 19.4. The lowest BCUT2D eigenvalue weighted by Gasteiger charge is -2.14. The predicted molar refractivity (Wildman–Crippen MR) is 116 cm³/mol. The number of pyridine rings is 1. The van der Waals surface area contributed by atoms with Crippen LogP contribution in [0.4, 0.5) is 0 Å². The largest absolute Gasteiger partial charge is 0.497 e. The molecule has 2 aromatic carbocycles. The van der Waals surface area contributed by atoms with Crippen LogP contribution in [-0.4, -0.2) is 27.8 Å². The van der Waals surface area contributed by atoms with Gasteiger partial charge in [0.05, 0.1) is 24.4 Å². The molecule has 0 spiro atoms. The van der Waals surface area contributed by atoms with Gasteiger partial charge in [-0.05, 0) is 48.9 Å². The van der Waals surface area contributed by atoms with Crippen LogP contribution in [0.1, 0.15) is 28.9 Å². The first-order valence-corrected chi connectivity index (χ1v) is 9.66. The standard InChI is InChI=1S/C24H22N4O2/c1-17(18-11-13-25-14-12-18)26-24(29)22-16-28(20-8-4-3-5-9-20)27-23(22)19-7-6-10-21(15-19)30-2/h3-17H,1-2H3,(H,26,29). The van der Waals surface area contributed by atoms with Crippen LogP contribution in [0.2, 0.25) is 0 Å². The Morgan fingerprint density at radius 3 is 2.53 bits per heavy atom. The number of aromatic nitrogens is 3. The summed E-state index contributed by atoms with van der Waals surface area (Å²) in [6.45, 7) is 1.94. The van der Waals surface area contributed by atoms with E-state index in [0.29, 0.717) is 17.0 Å². The van der Waals surface area contributed by atoms with Gasteiger partial charge in [0.2, 0.25) is 0 Å². The number of amides is 1. The lowest BCUT2D eigenvalue weighted by atomic mass is 10.1. The average Bonchev–Trinajstić information content (AvgIpc) is 3.26. The van der Waals surface area contributed by atoms with E-state index in [0.717, 1.165) is 16.8 Å². The van der Waals surface area contributed by atoms with Crippen LogP contribution < -0.4 is 10.1 Å². The fourth-order valence-electron chi connectivity index (χ4n) is 3.25. The van der Waals surface area contributed by atoms with Gasteiger partial charge in [-0.1, -0.05) is 30.3 Å². The van der Waals surface area contributed by atoms with E-state index in [4.69, 9.17) is 9.84 Å². The monoisotopic (exact) mass is 398 g/mol. The van der Waals surface area contributed by atoms with E-state index in [2.05, 4.69) is 10.3 Å². The highest BCUT2D eigenvalue weighted by molar-refractivity contribution is 6.00. The third-order valence-corrected chi connectivity index (χ3v) is 4.88. The summed E-state index contributed by atoms with van der Waals surface area (Å²) >= 11 is 0. The number of nitrogens with zero attached hydrogens (tertiary/aromatic N) is 3. The lowest BCUT2D eigenvalue weighted by Crippen LogP contribution is -2.26. The van der Waals surface area contributed by atoms with Crippen molar-refractivity contribution < 1.29 is 9.53 Å². The van der Waals surface area contributed by atoms with Crippen molar-refractivity contribution in [1.29, 1.82) is 0 Å². The number of methoxy groups -OCH3 is 1. The number of carbonyl (C=O) groups is 1. The normalized spacial score (nSPS) is 11.7. The van der Waals surface area contributed by atoms with Crippen molar-refractivity contribution in [3.8, 4) is 22.7 Å². The first-order chi connectivity index (χ1) is 14.7. The van der Waals surface area contributed by atoms with Crippen molar-refractivity contribution in [2.24, 2.45) is 0 Å². The number of hydrogen-bond acceptors (Lipinski definition) is 4. The molecule has 6 nitrogen and oxygen atoms in total. The zero-order chi connectivity index (χ0) is 20.9. The molecule has 150 valence electrons. The third kappa shape index (κ3) is 4.07. The van der Waals surface area contributed by atoms with E-state index in [1.165, 1.54) is 0 Å². The van der Waals surface area contributed by atoms with E-state index in [1.807, 2.05) is 73.7 Å². The smallest absolute Gasteiger partial charge is 0.255 e. The summed E-state index contributed by atoms with van der Waals surface area (Å²) in [5, 5.41) is 7.78. The highest BCUT2D eigenvalue weighted by Gasteiger charge is 2.21. The molecule has 4 rings (SSSR count). The van der Waals surface area contributed by atoms with Gasteiger partial charge >= 0.3 is 0 Å². The topological polar surface area (TPSA) is 69.0 Å².